The second-order valence-electron chi connectivity index (χ2n) is 4.29. The van der Waals surface area contributed by atoms with Crippen molar-refractivity contribution in [2.24, 2.45) is 0 Å². The van der Waals surface area contributed by atoms with Crippen molar-refractivity contribution in [1.29, 1.82) is 0 Å². The van der Waals surface area contributed by atoms with Crippen LogP contribution in [0.2, 0.25) is 0 Å². The van der Waals surface area contributed by atoms with Crippen molar-refractivity contribution in [3.05, 3.63) is 33.6 Å². The summed E-state index contributed by atoms with van der Waals surface area (Å²) < 4.78 is 44.3. The fourth-order valence-corrected chi connectivity index (χ4v) is 3.10. The predicted molar refractivity (Wildman–Crippen MR) is 67.9 cm³/mol. The van der Waals surface area contributed by atoms with Crippen LogP contribution in [0.15, 0.2) is 15.3 Å². The Balaban J connectivity index is 2.61. The monoisotopic (exact) mass is 300 g/mol. The molecule has 0 aromatic carbocycles. The molecule has 20 heavy (non-hydrogen) atoms. The Hall–Kier alpha value is -1.96. The highest BCUT2D eigenvalue weighted by Crippen LogP contribution is 2.40. The van der Waals surface area contributed by atoms with E-state index in [1.54, 1.807) is 0 Å². The maximum Gasteiger partial charge on any atom is 0.417 e. The van der Waals surface area contributed by atoms with Gasteiger partial charge < -0.3 is 4.42 Å². The minimum atomic E-state index is -4.54. The number of alkyl halides is 3. The van der Waals surface area contributed by atoms with E-state index in [2.05, 4.69) is 9.97 Å². The van der Waals surface area contributed by atoms with Gasteiger partial charge in [0.2, 0.25) is 0 Å². The van der Waals surface area contributed by atoms with Gasteiger partial charge in [0.25, 0.3) is 0 Å². The van der Waals surface area contributed by atoms with Crippen LogP contribution in [0.3, 0.4) is 0 Å². The van der Waals surface area contributed by atoms with Crippen LogP contribution in [0.4, 0.5) is 13.2 Å². The third-order valence-electron chi connectivity index (χ3n) is 2.77. The molecule has 0 atom stereocenters. The lowest BCUT2D eigenvalue weighted by atomic mass is 10.1. The first-order valence-electron chi connectivity index (χ1n) is 5.56. The summed E-state index contributed by atoms with van der Waals surface area (Å²) >= 11 is 0.862. The smallest absolute Gasteiger partial charge is 0.408 e. The molecular weight excluding hydrogens is 293 g/mol. The van der Waals surface area contributed by atoms with Crippen LogP contribution < -0.4 is 5.63 Å². The molecule has 3 heterocycles. The van der Waals surface area contributed by atoms with Gasteiger partial charge in [-0.15, -0.1) is 11.3 Å². The molecule has 104 valence electrons. The Morgan fingerprint density at radius 2 is 1.95 bits per heavy atom. The lowest BCUT2D eigenvalue weighted by Crippen LogP contribution is -2.07. The second-order valence-corrected chi connectivity index (χ2v) is 5.29. The van der Waals surface area contributed by atoms with Crippen molar-refractivity contribution >= 4 is 31.8 Å². The normalized spacial score (nSPS) is 12.4. The summed E-state index contributed by atoms with van der Waals surface area (Å²) in [7, 11) is 0. The Kier molecular flexibility index (Phi) is 2.62. The SMILES string of the molecule is Cc1cc(C(F)(F)F)c2c(n1)sc1c(=O)oc(C)nc12. The molecule has 0 aliphatic heterocycles. The molecule has 0 fully saturated rings. The van der Waals surface area contributed by atoms with Crippen LogP contribution in [-0.4, -0.2) is 9.97 Å². The molecule has 0 saturated carbocycles. The maximum atomic E-state index is 13.2. The average molecular weight is 300 g/mol. The number of hydrogen-bond donors (Lipinski definition) is 0. The average Bonchev–Trinajstić information content (AvgIpc) is 2.65. The number of pyridine rings is 1. The third-order valence-corrected chi connectivity index (χ3v) is 3.82. The van der Waals surface area contributed by atoms with E-state index in [0.29, 0.717) is 0 Å². The van der Waals surface area contributed by atoms with E-state index in [9.17, 15) is 18.0 Å². The summed E-state index contributed by atoms with van der Waals surface area (Å²) in [6.07, 6.45) is -4.54. The summed E-state index contributed by atoms with van der Waals surface area (Å²) in [4.78, 5) is 19.8. The van der Waals surface area contributed by atoms with Gasteiger partial charge in [-0.2, -0.15) is 13.2 Å². The van der Waals surface area contributed by atoms with Crippen LogP contribution >= 0.6 is 11.3 Å². The molecule has 3 rings (SSSR count). The zero-order chi connectivity index (χ0) is 14.7. The fraction of sp³-hybridized carbons (Fsp3) is 0.250. The molecule has 4 nitrogen and oxygen atoms in total. The van der Waals surface area contributed by atoms with Gasteiger partial charge in [-0.3, -0.25) is 0 Å². The highest BCUT2D eigenvalue weighted by atomic mass is 32.1. The Labute approximate surface area is 113 Å². The van der Waals surface area contributed by atoms with Gasteiger partial charge in [0, 0.05) is 12.6 Å². The Morgan fingerprint density at radius 1 is 1.25 bits per heavy atom. The van der Waals surface area contributed by atoms with Gasteiger partial charge in [0.05, 0.1) is 10.9 Å². The Morgan fingerprint density at radius 3 is 2.60 bits per heavy atom. The number of rotatable bonds is 0. The molecular formula is C12H7F3N2O2S. The van der Waals surface area contributed by atoms with E-state index >= 15 is 0 Å². The van der Waals surface area contributed by atoms with E-state index in [0.717, 1.165) is 17.4 Å². The fourth-order valence-electron chi connectivity index (χ4n) is 2.04. The quantitative estimate of drug-likeness (QED) is 0.638. The first-order chi connectivity index (χ1) is 9.27. The lowest BCUT2D eigenvalue weighted by molar-refractivity contribution is -0.136. The molecule has 8 heteroatoms. The molecule has 0 aliphatic rings. The van der Waals surface area contributed by atoms with Crippen LogP contribution in [0.25, 0.3) is 20.4 Å². The number of aryl methyl sites for hydroxylation is 2. The predicted octanol–water partition coefficient (Wildman–Crippen LogP) is 3.43. The van der Waals surface area contributed by atoms with Crippen LogP contribution in [0.5, 0.6) is 0 Å². The van der Waals surface area contributed by atoms with Crippen molar-refractivity contribution in [2.45, 2.75) is 20.0 Å². The van der Waals surface area contributed by atoms with E-state index in [1.807, 2.05) is 0 Å². The third kappa shape index (κ3) is 1.87. The molecule has 0 spiro atoms. The summed E-state index contributed by atoms with van der Waals surface area (Å²) in [5, 5.41) is -0.140. The minimum Gasteiger partial charge on any atom is -0.408 e. The number of fused-ring (bicyclic) bond motifs is 3. The zero-order valence-corrected chi connectivity index (χ0v) is 11.1. The number of hydrogen-bond acceptors (Lipinski definition) is 5. The molecule has 0 aliphatic carbocycles. The van der Waals surface area contributed by atoms with Gasteiger partial charge in [-0.05, 0) is 13.0 Å². The Bertz CT molecular complexity index is 895. The highest BCUT2D eigenvalue weighted by molar-refractivity contribution is 7.25. The van der Waals surface area contributed by atoms with Gasteiger partial charge in [-0.25, -0.2) is 14.8 Å². The largest absolute Gasteiger partial charge is 0.417 e. The summed E-state index contributed by atoms with van der Waals surface area (Å²) in [6, 6.07) is 0.958. The maximum absolute atomic E-state index is 13.2. The number of aromatic nitrogens is 2. The zero-order valence-electron chi connectivity index (χ0n) is 10.3. The van der Waals surface area contributed by atoms with Gasteiger partial charge >= 0.3 is 11.8 Å². The van der Waals surface area contributed by atoms with Gasteiger partial charge in [0.1, 0.15) is 15.0 Å². The standard InChI is InChI=1S/C12H7F3N2O2S/c1-4-3-6(12(13,14)15)7-8-9(20-10(7)16-4)11(18)19-5(2)17-8/h3H,1-2H3. The van der Waals surface area contributed by atoms with Crippen molar-refractivity contribution in [2.75, 3.05) is 0 Å². The van der Waals surface area contributed by atoms with Crippen LogP contribution in [0.1, 0.15) is 17.1 Å². The molecule has 0 unspecified atom stereocenters. The molecule has 0 bridgehead atoms. The van der Waals surface area contributed by atoms with Crippen molar-refractivity contribution in [3.8, 4) is 0 Å². The van der Waals surface area contributed by atoms with E-state index < -0.39 is 17.4 Å². The number of halogens is 3. The molecule has 0 N–H and O–H groups in total. The summed E-state index contributed by atoms with van der Waals surface area (Å²) in [5.41, 5.74) is -1.29. The van der Waals surface area contributed by atoms with Crippen molar-refractivity contribution in [1.82, 2.24) is 9.97 Å². The summed E-state index contributed by atoms with van der Waals surface area (Å²) in [5.74, 6) is 0.0240. The lowest BCUT2D eigenvalue weighted by Gasteiger charge is -2.08. The number of thiophene rings is 1. The van der Waals surface area contributed by atoms with Gasteiger partial charge in [-0.1, -0.05) is 0 Å². The van der Waals surface area contributed by atoms with Gasteiger partial charge in [0.15, 0.2) is 5.89 Å². The first kappa shape index (κ1) is 13.0. The van der Waals surface area contributed by atoms with E-state index in [1.165, 1.54) is 13.8 Å². The first-order valence-corrected chi connectivity index (χ1v) is 6.38. The minimum absolute atomic E-state index is 0.00132. The summed E-state index contributed by atoms with van der Waals surface area (Å²) in [6.45, 7) is 2.89. The van der Waals surface area contributed by atoms with Crippen molar-refractivity contribution < 1.29 is 17.6 Å². The highest BCUT2D eigenvalue weighted by Gasteiger charge is 2.35. The topological polar surface area (TPSA) is 56.0 Å². The van der Waals surface area contributed by atoms with E-state index in [-0.39, 0.29) is 32.0 Å². The second kappa shape index (κ2) is 4.02. The van der Waals surface area contributed by atoms with E-state index in [4.69, 9.17) is 4.42 Å². The molecule has 0 amide bonds. The van der Waals surface area contributed by atoms with Crippen LogP contribution in [0, 0.1) is 13.8 Å². The molecule has 3 aromatic rings. The van der Waals surface area contributed by atoms with Crippen LogP contribution in [-0.2, 0) is 6.18 Å². The molecule has 0 radical (unpaired) electrons. The molecule has 0 saturated heterocycles. The van der Waals surface area contributed by atoms with Crippen molar-refractivity contribution in [3.63, 3.8) is 0 Å². The number of nitrogens with zero attached hydrogens (tertiary/aromatic N) is 2. The molecule has 3 aromatic heterocycles.